The number of aliphatic hydroxyl groups is 1. The van der Waals surface area contributed by atoms with Crippen molar-refractivity contribution < 1.29 is 14.3 Å². The standard InChI is InChI=1S/C30H35FN6O2/c1-3-20-16-35(10-5-11-38)24-7-4-6-17-14-25(37(20)27(17)24)29-33-22-13-19(12-21(31)28(22)34(29)2)30(39)36-15-18-8-9-23(36)26(18)32/h4,6-7,12-14,18,20,23,26,38H,3,5,8-11,15-16,32H2,1-2H3/t18-,20?,23-,26-/m1/s1. The van der Waals surface area contributed by atoms with E-state index >= 15 is 4.39 Å². The molecule has 9 heteroatoms. The summed E-state index contributed by atoms with van der Waals surface area (Å²) in [6.45, 7) is 4.62. The second-order valence-corrected chi connectivity index (χ2v) is 11.5. The maximum absolute atomic E-state index is 15.6. The number of nitrogens with zero attached hydrogens (tertiary/aromatic N) is 5. The number of benzene rings is 2. The number of para-hydroxylation sites is 1. The Morgan fingerprint density at radius 3 is 2.74 bits per heavy atom. The Balaban J connectivity index is 1.34. The van der Waals surface area contributed by atoms with Crippen molar-refractivity contribution in [3.05, 3.63) is 47.8 Å². The summed E-state index contributed by atoms with van der Waals surface area (Å²) in [5, 5.41) is 10.5. The fourth-order valence-electron chi connectivity index (χ4n) is 7.39. The van der Waals surface area contributed by atoms with E-state index in [0.717, 1.165) is 61.1 Å². The minimum absolute atomic E-state index is 0.0143. The second-order valence-electron chi connectivity index (χ2n) is 11.5. The fraction of sp³-hybridized carbons (Fsp3) is 0.467. The largest absolute Gasteiger partial charge is 0.396 e. The van der Waals surface area contributed by atoms with Gasteiger partial charge in [-0.05, 0) is 55.9 Å². The number of hydrogen-bond acceptors (Lipinski definition) is 5. The molecule has 8 nitrogen and oxygen atoms in total. The SMILES string of the molecule is CCC1CN(CCCO)c2cccc3cc(-c4nc5cc(C(=O)N6C[C@H]7CC[C@@H]6[C@@H]7N)cc(F)c5n4C)n1c23. The molecule has 3 aliphatic rings. The van der Waals surface area contributed by atoms with Crippen LogP contribution in [0.1, 0.15) is 49.0 Å². The highest BCUT2D eigenvalue weighted by molar-refractivity contribution is 6.00. The Morgan fingerprint density at radius 1 is 1.18 bits per heavy atom. The summed E-state index contributed by atoms with van der Waals surface area (Å²) < 4.78 is 19.8. The Bertz CT molecular complexity index is 1610. The van der Waals surface area contributed by atoms with E-state index in [-0.39, 0.29) is 30.6 Å². The van der Waals surface area contributed by atoms with Crippen LogP contribution in [0, 0.1) is 11.7 Å². The molecule has 4 heterocycles. The number of aliphatic hydroxyl groups excluding tert-OH is 1. The summed E-state index contributed by atoms with van der Waals surface area (Å²) in [5.74, 6) is 0.418. The molecular weight excluding hydrogens is 495 g/mol. The molecule has 0 spiro atoms. The molecule has 2 fully saturated rings. The Morgan fingerprint density at radius 2 is 2.03 bits per heavy atom. The van der Waals surface area contributed by atoms with Gasteiger partial charge < -0.3 is 29.8 Å². The lowest BCUT2D eigenvalue weighted by Crippen LogP contribution is -2.41. The van der Waals surface area contributed by atoms with E-state index in [0.29, 0.717) is 34.9 Å². The number of carbonyl (C=O) groups excluding carboxylic acids is 1. The topological polar surface area (TPSA) is 92.6 Å². The van der Waals surface area contributed by atoms with Crippen LogP contribution in [0.4, 0.5) is 10.1 Å². The normalized spacial score (nSPS) is 24.0. The van der Waals surface area contributed by atoms with Crippen molar-refractivity contribution >= 4 is 33.5 Å². The molecule has 2 aromatic carbocycles. The first-order chi connectivity index (χ1) is 18.9. The molecule has 39 heavy (non-hydrogen) atoms. The van der Waals surface area contributed by atoms with Crippen LogP contribution in [0.3, 0.4) is 0 Å². The van der Waals surface area contributed by atoms with Crippen LogP contribution in [-0.4, -0.2) is 68.4 Å². The molecule has 204 valence electrons. The maximum atomic E-state index is 15.6. The number of fused-ring (bicyclic) bond motifs is 3. The highest BCUT2D eigenvalue weighted by Gasteiger charge is 2.47. The lowest BCUT2D eigenvalue weighted by atomic mass is 10.1. The number of aromatic nitrogens is 3. The van der Waals surface area contributed by atoms with Crippen molar-refractivity contribution in [3.63, 3.8) is 0 Å². The zero-order chi connectivity index (χ0) is 27.0. The predicted octanol–water partition coefficient (Wildman–Crippen LogP) is 4.05. The molecule has 2 aromatic heterocycles. The molecule has 4 atom stereocenters. The van der Waals surface area contributed by atoms with Crippen molar-refractivity contribution in [2.75, 3.05) is 31.1 Å². The molecule has 1 amide bonds. The number of piperidine rings is 1. The molecule has 1 unspecified atom stereocenters. The van der Waals surface area contributed by atoms with E-state index in [4.69, 9.17) is 10.7 Å². The number of anilines is 1. The minimum atomic E-state index is -0.441. The average Bonchev–Trinajstić information content (AvgIpc) is 3.68. The van der Waals surface area contributed by atoms with E-state index in [9.17, 15) is 9.90 Å². The van der Waals surface area contributed by atoms with E-state index in [2.05, 4.69) is 40.7 Å². The lowest BCUT2D eigenvalue weighted by molar-refractivity contribution is 0.0700. The van der Waals surface area contributed by atoms with Gasteiger partial charge in [0, 0.05) is 56.3 Å². The van der Waals surface area contributed by atoms with Crippen molar-refractivity contribution in [2.24, 2.45) is 18.7 Å². The number of aryl methyl sites for hydroxylation is 1. The van der Waals surface area contributed by atoms with Crippen LogP contribution in [0.2, 0.25) is 0 Å². The maximum Gasteiger partial charge on any atom is 0.254 e. The summed E-state index contributed by atoms with van der Waals surface area (Å²) in [5.41, 5.74) is 10.8. The van der Waals surface area contributed by atoms with E-state index in [1.54, 1.807) is 6.07 Å². The summed E-state index contributed by atoms with van der Waals surface area (Å²) in [6, 6.07) is 11.8. The first-order valence-corrected chi connectivity index (χ1v) is 14.1. The van der Waals surface area contributed by atoms with E-state index in [1.807, 2.05) is 16.5 Å². The van der Waals surface area contributed by atoms with Gasteiger partial charge in [0.15, 0.2) is 5.82 Å². The first-order valence-electron chi connectivity index (χ1n) is 14.1. The quantitative estimate of drug-likeness (QED) is 0.393. The highest BCUT2D eigenvalue weighted by atomic mass is 19.1. The molecule has 1 saturated heterocycles. The summed E-state index contributed by atoms with van der Waals surface area (Å²) in [4.78, 5) is 22.6. The van der Waals surface area contributed by atoms with Crippen LogP contribution >= 0.6 is 0 Å². The number of nitrogens with two attached hydrogens (primary N) is 1. The monoisotopic (exact) mass is 530 g/mol. The molecule has 3 N–H and O–H groups in total. The van der Waals surface area contributed by atoms with Gasteiger partial charge in [-0.3, -0.25) is 4.79 Å². The summed E-state index contributed by atoms with van der Waals surface area (Å²) in [6.07, 6.45) is 3.62. The molecule has 1 aliphatic carbocycles. The Labute approximate surface area is 226 Å². The second kappa shape index (κ2) is 9.06. The van der Waals surface area contributed by atoms with Crippen molar-refractivity contribution in [2.45, 2.75) is 50.7 Å². The average molecular weight is 531 g/mol. The van der Waals surface area contributed by atoms with Gasteiger partial charge in [-0.15, -0.1) is 0 Å². The van der Waals surface area contributed by atoms with Gasteiger partial charge in [0.1, 0.15) is 11.3 Å². The van der Waals surface area contributed by atoms with Gasteiger partial charge in [0.2, 0.25) is 0 Å². The predicted molar refractivity (Wildman–Crippen MR) is 150 cm³/mol. The van der Waals surface area contributed by atoms with E-state index < -0.39 is 5.82 Å². The molecule has 7 rings (SSSR count). The third-order valence-electron chi connectivity index (χ3n) is 9.35. The third kappa shape index (κ3) is 3.55. The van der Waals surface area contributed by atoms with Gasteiger partial charge in [-0.1, -0.05) is 19.1 Å². The lowest BCUT2D eigenvalue weighted by Gasteiger charge is -2.36. The Hall–Kier alpha value is -3.43. The number of likely N-dealkylation sites (tertiary alicyclic amines) is 1. The first kappa shape index (κ1) is 24.6. The van der Waals surface area contributed by atoms with Gasteiger partial charge in [0.25, 0.3) is 5.91 Å². The molecule has 2 bridgehead atoms. The van der Waals surface area contributed by atoms with Crippen molar-refractivity contribution in [1.29, 1.82) is 0 Å². The van der Waals surface area contributed by atoms with Crippen LogP contribution in [0.25, 0.3) is 33.5 Å². The smallest absolute Gasteiger partial charge is 0.254 e. The number of halogens is 1. The third-order valence-corrected chi connectivity index (χ3v) is 9.35. The van der Waals surface area contributed by atoms with Gasteiger partial charge in [0.05, 0.1) is 28.5 Å². The molecule has 1 saturated carbocycles. The van der Waals surface area contributed by atoms with Crippen LogP contribution < -0.4 is 10.6 Å². The van der Waals surface area contributed by atoms with Crippen LogP contribution in [0.5, 0.6) is 0 Å². The van der Waals surface area contributed by atoms with Crippen LogP contribution in [-0.2, 0) is 7.05 Å². The number of imidazole rings is 1. The number of carbonyl (C=O) groups is 1. The van der Waals surface area contributed by atoms with Crippen molar-refractivity contribution in [1.82, 2.24) is 19.0 Å². The number of hydrogen-bond donors (Lipinski definition) is 2. The molecule has 2 aliphatic heterocycles. The van der Waals surface area contributed by atoms with Gasteiger partial charge in [-0.25, -0.2) is 9.37 Å². The Kier molecular flexibility index (Phi) is 5.72. The number of amides is 1. The highest BCUT2D eigenvalue weighted by Crippen LogP contribution is 2.42. The van der Waals surface area contributed by atoms with Crippen LogP contribution in [0.15, 0.2) is 36.4 Å². The van der Waals surface area contributed by atoms with Crippen molar-refractivity contribution in [3.8, 4) is 11.5 Å². The van der Waals surface area contributed by atoms with Gasteiger partial charge >= 0.3 is 0 Å². The zero-order valence-electron chi connectivity index (χ0n) is 22.5. The van der Waals surface area contributed by atoms with Gasteiger partial charge in [-0.2, -0.15) is 0 Å². The zero-order valence-corrected chi connectivity index (χ0v) is 22.5. The van der Waals surface area contributed by atoms with E-state index in [1.165, 1.54) is 6.07 Å². The number of rotatable bonds is 6. The molecular formula is C30H35FN6O2. The minimum Gasteiger partial charge on any atom is -0.396 e. The summed E-state index contributed by atoms with van der Waals surface area (Å²) >= 11 is 0. The molecule has 4 aromatic rings. The summed E-state index contributed by atoms with van der Waals surface area (Å²) in [7, 11) is 1.84. The molecule has 0 radical (unpaired) electrons. The fourth-order valence-corrected chi connectivity index (χ4v) is 7.39.